The van der Waals surface area contributed by atoms with Gasteiger partial charge in [0.25, 0.3) is 0 Å². The fourth-order valence-electron chi connectivity index (χ4n) is 4.39. The summed E-state index contributed by atoms with van der Waals surface area (Å²) in [6, 6.07) is 24.7. The van der Waals surface area contributed by atoms with Crippen LogP contribution in [0, 0.1) is 0 Å². The Morgan fingerprint density at radius 3 is 2.42 bits per heavy atom. The summed E-state index contributed by atoms with van der Waals surface area (Å²) in [6.07, 6.45) is 1.78. The van der Waals surface area contributed by atoms with E-state index in [1.807, 2.05) is 56.6 Å². The molecule has 2 aromatic heterocycles. The Balaban J connectivity index is 1.53. The molecule has 182 valence electrons. The summed E-state index contributed by atoms with van der Waals surface area (Å²) in [5.41, 5.74) is 4.28. The summed E-state index contributed by atoms with van der Waals surface area (Å²) in [6.45, 7) is 0. The second-order valence-electron chi connectivity index (χ2n) is 8.68. The van der Waals surface area contributed by atoms with Gasteiger partial charge in [-0.2, -0.15) is 0 Å². The van der Waals surface area contributed by atoms with Crippen molar-refractivity contribution in [2.75, 3.05) is 31.0 Å². The van der Waals surface area contributed by atoms with Gasteiger partial charge >= 0.3 is 5.97 Å². The Bertz CT molecular complexity index is 1370. The van der Waals surface area contributed by atoms with E-state index in [-0.39, 0.29) is 18.1 Å². The van der Waals surface area contributed by atoms with Gasteiger partial charge in [0.05, 0.1) is 24.4 Å². The highest BCUT2D eigenvalue weighted by atomic mass is 32.1. The van der Waals surface area contributed by atoms with Crippen molar-refractivity contribution in [3.8, 4) is 11.3 Å². The van der Waals surface area contributed by atoms with E-state index in [0.717, 1.165) is 28.4 Å². The lowest BCUT2D eigenvalue weighted by Crippen LogP contribution is -2.29. The summed E-state index contributed by atoms with van der Waals surface area (Å²) in [4.78, 5) is 20.5. The van der Waals surface area contributed by atoms with Crippen LogP contribution in [0.5, 0.6) is 0 Å². The van der Waals surface area contributed by atoms with Crippen LogP contribution in [0.4, 0.5) is 11.4 Å². The second-order valence-corrected chi connectivity index (χ2v) is 9.07. The van der Waals surface area contributed by atoms with E-state index in [9.17, 15) is 4.79 Å². The van der Waals surface area contributed by atoms with Gasteiger partial charge in [-0.05, 0) is 72.9 Å². The van der Waals surface area contributed by atoms with Gasteiger partial charge < -0.3 is 24.3 Å². The number of hydrogen-bond acceptors (Lipinski definition) is 6. The average Bonchev–Trinajstić information content (AvgIpc) is 3.53. The molecule has 1 N–H and O–H groups in total. The Morgan fingerprint density at radius 1 is 1.03 bits per heavy atom. The SMILES string of the molecule is COC(=O)c1ccc(-c2ccc([C@@H]3[C@H](c4ccccn4)NC(=S)N3c3ccc(N(C)C)cc3)o2)cc1. The number of ether oxygens (including phenoxy) is 1. The number of nitrogens with one attached hydrogen (secondary N) is 1. The first-order valence-corrected chi connectivity index (χ1v) is 11.9. The number of anilines is 2. The molecule has 0 radical (unpaired) electrons. The zero-order valence-electron chi connectivity index (χ0n) is 20.2. The minimum absolute atomic E-state index is 0.201. The van der Waals surface area contributed by atoms with Crippen molar-refractivity contribution in [1.82, 2.24) is 10.3 Å². The molecule has 0 amide bonds. The number of furan rings is 1. The second kappa shape index (κ2) is 9.83. The predicted molar refractivity (Wildman–Crippen MR) is 144 cm³/mol. The molecule has 36 heavy (non-hydrogen) atoms. The number of rotatable bonds is 6. The van der Waals surface area contributed by atoms with Crippen LogP contribution in [0.1, 0.15) is 33.9 Å². The maximum Gasteiger partial charge on any atom is 0.337 e. The van der Waals surface area contributed by atoms with Crippen molar-refractivity contribution < 1.29 is 13.9 Å². The molecule has 1 aliphatic heterocycles. The van der Waals surface area contributed by atoms with Gasteiger partial charge in [-0.15, -0.1) is 0 Å². The Kier molecular flexibility index (Phi) is 6.43. The molecule has 2 atom stereocenters. The number of aromatic nitrogens is 1. The molecule has 5 rings (SSSR count). The minimum Gasteiger partial charge on any atom is -0.465 e. The first kappa shape index (κ1) is 23.6. The topological polar surface area (TPSA) is 70.8 Å². The number of hydrogen-bond donors (Lipinski definition) is 1. The number of methoxy groups -OCH3 is 1. The maximum absolute atomic E-state index is 11.8. The summed E-state index contributed by atoms with van der Waals surface area (Å²) in [7, 11) is 5.39. The molecule has 1 saturated heterocycles. The standard InChI is InChI=1S/C28H26N4O3S/c1-31(2)20-11-13-21(14-12-20)32-26(25(30-28(32)36)22-6-4-5-17-29-22)24-16-15-23(35-24)18-7-9-19(10-8-18)27(33)34-3/h4-17,25-26H,1-3H3,(H,30,36)/t25-,26+/m0/s1. The third-order valence-corrected chi connectivity index (χ3v) is 6.57. The summed E-state index contributed by atoms with van der Waals surface area (Å²) < 4.78 is 11.2. The van der Waals surface area contributed by atoms with Gasteiger partial charge in [0.15, 0.2) is 5.11 Å². The first-order chi connectivity index (χ1) is 17.5. The van der Waals surface area contributed by atoms with E-state index >= 15 is 0 Å². The molecule has 2 aromatic carbocycles. The third-order valence-electron chi connectivity index (χ3n) is 6.25. The lowest BCUT2D eigenvalue weighted by Gasteiger charge is -2.26. The van der Waals surface area contributed by atoms with Gasteiger partial charge in [0.2, 0.25) is 0 Å². The zero-order valence-corrected chi connectivity index (χ0v) is 21.0. The normalized spacial score (nSPS) is 17.1. The van der Waals surface area contributed by atoms with Crippen LogP contribution in [0.15, 0.2) is 89.5 Å². The molecule has 1 fully saturated rings. The summed E-state index contributed by atoms with van der Waals surface area (Å²) >= 11 is 5.80. The van der Waals surface area contributed by atoms with Crippen molar-refractivity contribution >= 4 is 34.7 Å². The van der Waals surface area contributed by atoms with E-state index in [1.165, 1.54) is 7.11 Å². The molecule has 0 aliphatic carbocycles. The van der Waals surface area contributed by atoms with Crippen LogP contribution in [0.25, 0.3) is 11.3 Å². The van der Waals surface area contributed by atoms with Crippen LogP contribution in [-0.2, 0) is 4.74 Å². The van der Waals surface area contributed by atoms with Crippen LogP contribution in [0.2, 0.25) is 0 Å². The molecular weight excluding hydrogens is 472 g/mol. The zero-order chi connectivity index (χ0) is 25.2. The lowest BCUT2D eigenvalue weighted by molar-refractivity contribution is 0.0600. The molecule has 8 heteroatoms. The molecule has 3 heterocycles. The number of esters is 1. The van der Waals surface area contributed by atoms with E-state index in [0.29, 0.717) is 16.4 Å². The van der Waals surface area contributed by atoms with E-state index in [2.05, 4.69) is 44.4 Å². The molecule has 4 aromatic rings. The molecule has 1 aliphatic rings. The van der Waals surface area contributed by atoms with E-state index in [1.54, 1.807) is 18.3 Å². The number of nitrogens with zero attached hydrogens (tertiary/aromatic N) is 3. The Morgan fingerprint density at radius 2 is 1.78 bits per heavy atom. The first-order valence-electron chi connectivity index (χ1n) is 11.5. The molecule has 7 nitrogen and oxygen atoms in total. The highest BCUT2D eigenvalue weighted by Gasteiger charge is 2.42. The van der Waals surface area contributed by atoms with E-state index in [4.69, 9.17) is 21.4 Å². The van der Waals surface area contributed by atoms with Gasteiger partial charge in [-0.3, -0.25) is 4.98 Å². The Labute approximate surface area is 215 Å². The fourth-order valence-corrected chi connectivity index (χ4v) is 4.73. The smallest absolute Gasteiger partial charge is 0.337 e. The maximum atomic E-state index is 11.8. The Hall–Kier alpha value is -4.17. The molecule has 0 saturated carbocycles. The largest absolute Gasteiger partial charge is 0.465 e. The van der Waals surface area contributed by atoms with Crippen LogP contribution in [-0.4, -0.2) is 37.3 Å². The number of carbonyl (C=O) groups is 1. The van der Waals surface area contributed by atoms with Crippen molar-refractivity contribution in [3.05, 3.63) is 102 Å². The summed E-state index contributed by atoms with van der Waals surface area (Å²) in [5, 5.41) is 4.06. The highest BCUT2D eigenvalue weighted by Crippen LogP contribution is 2.43. The van der Waals surface area contributed by atoms with Crippen molar-refractivity contribution in [1.29, 1.82) is 0 Å². The number of thiocarbonyl (C=S) groups is 1. The predicted octanol–water partition coefficient (Wildman–Crippen LogP) is 5.37. The number of pyridine rings is 1. The minimum atomic E-state index is -0.374. The average molecular weight is 499 g/mol. The van der Waals surface area contributed by atoms with Gasteiger partial charge in [-0.1, -0.05) is 18.2 Å². The number of benzene rings is 2. The number of carbonyl (C=O) groups excluding carboxylic acids is 1. The van der Waals surface area contributed by atoms with Gasteiger partial charge in [0.1, 0.15) is 17.6 Å². The summed E-state index contributed by atoms with van der Waals surface area (Å²) in [5.74, 6) is 1.07. The fraction of sp³-hybridized carbons (Fsp3) is 0.179. The van der Waals surface area contributed by atoms with Crippen LogP contribution < -0.4 is 15.1 Å². The van der Waals surface area contributed by atoms with Gasteiger partial charge in [0, 0.05) is 37.2 Å². The highest BCUT2D eigenvalue weighted by molar-refractivity contribution is 7.80. The quantitative estimate of drug-likeness (QED) is 0.281. The van der Waals surface area contributed by atoms with Gasteiger partial charge in [-0.25, -0.2) is 4.79 Å². The van der Waals surface area contributed by atoms with Crippen molar-refractivity contribution in [2.45, 2.75) is 12.1 Å². The monoisotopic (exact) mass is 498 g/mol. The molecule has 0 spiro atoms. The lowest BCUT2D eigenvalue weighted by atomic mass is 10.0. The molecule has 0 unspecified atom stereocenters. The molecular formula is C28H26N4O3S. The van der Waals surface area contributed by atoms with Crippen LogP contribution in [0.3, 0.4) is 0 Å². The molecule has 0 bridgehead atoms. The van der Waals surface area contributed by atoms with E-state index < -0.39 is 0 Å². The third kappa shape index (κ3) is 4.43. The van der Waals surface area contributed by atoms with Crippen molar-refractivity contribution in [3.63, 3.8) is 0 Å². The van der Waals surface area contributed by atoms with Crippen LogP contribution >= 0.6 is 12.2 Å². The van der Waals surface area contributed by atoms with Crippen molar-refractivity contribution in [2.24, 2.45) is 0 Å².